The molecule has 2 aromatic carbocycles. The molecule has 1 N–H and O–H groups in total. The highest BCUT2D eigenvalue weighted by Gasteiger charge is 2.09. The SMILES string of the molecule is Cn1c(SCCC(=O)Nc2ccc(F)cc2)nc2ccccc2c1=O. The Kier molecular flexibility index (Phi) is 5.14. The van der Waals surface area contributed by atoms with Crippen molar-refractivity contribution in [3.8, 4) is 0 Å². The lowest BCUT2D eigenvalue weighted by Gasteiger charge is -2.09. The van der Waals surface area contributed by atoms with Crippen LogP contribution in [0.2, 0.25) is 0 Å². The number of halogens is 1. The van der Waals surface area contributed by atoms with Gasteiger partial charge in [-0.1, -0.05) is 23.9 Å². The number of benzene rings is 2. The van der Waals surface area contributed by atoms with Gasteiger partial charge in [-0.25, -0.2) is 9.37 Å². The topological polar surface area (TPSA) is 64.0 Å². The summed E-state index contributed by atoms with van der Waals surface area (Å²) >= 11 is 1.35. The molecule has 0 aliphatic rings. The highest BCUT2D eigenvalue weighted by Crippen LogP contribution is 2.18. The van der Waals surface area contributed by atoms with Crippen molar-refractivity contribution >= 4 is 34.3 Å². The molecule has 0 bridgehead atoms. The standard InChI is InChI=1S/C18H16FN3O2S/c1-22-17(24)14-4-2-3-5-15(14)21-18(22)25-11-10-16(23)20-13-8-6-12(19)7-9-13/h2-9H,10-11H2,1H3,(H,20,23). The van der Waals surface area contributed by atoms with Gasteiger partial charge in [-0.05, 0) is 36.4 Å². The zero-order valence-corrected chi connectivity index (χ0v) is 14.3. The van der Waals surface area contributed by atoms with E-state index in [1.165, 1.54) is 40.6 Å². The minimum atomic E-state index is -0.350. The van der Waals surface area contributed by atoms with Crippen molar-refractivity contribution < 1.29 is 9.18 Å². The van der Waals surface area contributed by atoms with Gasteiger partial charge in [0.15, 0.2) is 5.16 Å². The Morgan fingerprint density at radius 3 is 2.68 bits per heavy atom. The van der Waals surface area contributed by atoms with Crippen molar-refractivity contribution in [2.45, 2.75) is 11.6 Å². The molecule has 0 spiro atoms. The first-order valence-corrected chi connectivity index (χ1v) is 8.67. The largest absolute Gasteiger partial charge is 0.326 e. The van der Waals surface area contributed by atoms with Crippen LogP contribution in [-0.4, -0.2) is 21.2 Å². The molecule has 0 saturated carbocycles. The lowest BCUT2D eigenvalue weighted by molar-refractivity contribution is -0.115. The predicted octanol–water partition coefficient (Wildman–Crippen LogP) is 3.19. The van der Waals surface area contributed by atoms with E-state index in [0.29, 0.717) is 27.5 Å². The Balaban J connectivity index is 1.63. The van der Waals surface area contributed by atoms with Gasteiger partial charge >= 0.3 is 0 Å². The van der Waals surface area contributed by atoms with E-state index in [1.807, 2.05) is 6.07 Å². The Hall–Kier alpha value is -2.67. The number of carbonyl (C=O) groups excluding carboxylic acids is 1. The first-order valence-electron chi connectivity index (χ1n) is 7.68. The monoisotopic (exact) mass is 357 g/mol. The fourth-order valence-electron chi connectivity index (χ4n) is 2.32. The van der Waals surface area contributed by atoms with Gasteiger partial charge in [0, 0.05) is 24.9 Å². The molecule has 3 aromatic rings. The van der Waals surface area contributed by atoms with Crippen LogP contribution in [0, 0.1) is 5.82 Å². The minimum Gasteiger partial charge on any atom is -0.326 e. The predicted molar refractivity (Wildman–Crippen MR) is 97.4 cm³/mol. The lowest BCUT2D eigenvalue weighted by Crippen LogP contribution is -2.20. The maximum absolute atomic E-state index is 12.8. The van der Waals surface area contributed by atoms with Gasteiger partial charge in [0.25, 0.3) is 5.56 Å². The van der Waals surface area contributed by atoms with Crippen molar-refractivity contribution in [3.63, 3.8) is 0 Å². The van der Waals surface area contributed by atoms with E-state index < -0.39 is 0 Å². The van der Waals surface area contributed by atoms with Gasteiger partial charge < -0.3 is 5.32 Å². The average molecular weight is 357 g/mol. The Bertz CT molecular complexity index is 970. The maximum atomic E-state index is 12.8. The number of aromatic nitrogens is 2. The number of thioether (sulfide) groups is 1. The minimum absolute atomic E-state index is 0.108. The number of rotatable bonds is 5. The second kappa shape index (κ2) is 7.48. The molecular weight excluding hydrogens is 341 g/mol. The molecule has 1 aromatic heterocycles. The summed E-state index contributed by atoms with van der Waals surface area (Å²) in [5.41, 5.74) is 1.08. The van der Waals surface area contributed by atoms with Gasteiger partial charge in [-0.15, -0.1) is 0 Å². The second-order valence-corrected chi connectivity index (χ2v) is 6.49. The molecule has 0 aliphatic carbocycles. The van der Waals surface area contributed by atoms with E-state index in [0.717, 1.165) is 0 Å². The molecule has 3 rings (SSSR count). The van der Waals surface area contributed by atoms with E-state index in [9.17, 15) is 14.0 Å². The van der Waals surface area contributed by atoms with E-state index >= 15 is 0 Å². The van der Waals surface area contributed by atoms with Crippen LogP contribution in [-0.2, 0) is 11.8 Å². The summed E-state index contributed by atoms with van der Waals surface area (Å²) < 4.78 is 14.3. The van der Waals surface area contributed by atoms with Crippen LogP contribution in [0.15, 0.2) is 58.5 Å². The van der Waals surface area contributed by atoms with Crippen molar-refractivity contribution in [3.05, 3.63) is 64.7 Å². The summed E-state index contributed by atoms with van der Waals surface area (Å²) in [6.45, 7) is 0. The maximum Gasteiger partial charge on any atom is 0.261 e. The van der Waals surface area contributed by atoms with Crippen LogP contribution in [0.3, 0.4) is 0 Å². The number of nitrogens with zero attached hydrogens (tertiary/aromatic N) is 2. The van der Waals surface area contributed by atoms with E-state index in [2.05, 4.69) is 10.3 Å². The van der Waals surface area contributed by atoms with Gasteiger partial charge in [0.1, 0.15) is 5.82 Å². The van der Waals surface area contributed by atoms with Gasteiger partial charge in [0.2, 0.25) is 5.91 Å². The zero-order valence-electron chi connectivity index (χ0n) is 13.5. The molecular formula is C18H16FN3O2S. The number of anilines is 1. The third-order valence-electron chi connectivity index (χ3n) is 3.63. The summed E-state index contributed by atoms with van der Waals surface area (Å²) in [5, 5.41) is 3.84. The van der Waals surface area contributed by atoms with Gasteiger partial charge in [-0.2, -0.15) is 0 Å². The van der Waals surface area contributed by atoms with E-state index in [-0.39, 0.29) is 23.7 Å². The summed E-state index contributed by atoms with van der Waals surface area (Å²) in [5.74, 6) is -0.0483. The first kappa shape index (κ1) is 17.2. The third kappa shape index (κ3) is 4.06. The molecule has 1 amide bonds. The quantitative estimate of drug-likeness (QED) is 0.563. The fraction of sp³-hybridized carbons (Fsp3) is 0.167. The van der Waals surface area contributed by atoms with Crippen LogP contribution in [0.1, 0.15) is 6.42 Å². The van der Waals surface area contributed by atoms with Crippen LogP contribution in [0.4, 0.5) is 10.1 Å². The summed E-state index contributed by atoms with van der Waals surface area (Å²) in [6.07, 6.45) is 0.255. The number of hydrogen-bond donors (Lipinski definition) is 1. The number of fused-ring (bicyclic) bond motifs is 1. The molecule has 0 radical (unpaired) electrons. The highest BCUT2D eigenvalue weighted by molar-refractivity contribution is 7.99. The van der Waals surface area contributed by atoms with Crippen LogP contribution < -0.4 is 10.9 Å². The molecule has 5 nitrogen and oxygen atoms in total. The fourth-order valence-corrected chi connectivity index (χ4v) is 3.23. The molecule has 7 heteroatoms. The van der Waals surface area contributed by atoms with Crippen molar-refractivity contribution in [2.75, 3.05) is 11.1 Å². The second-order valence-electron chi connectivity index (χ2n) is 5.43. The molecule has 0 unspecified atom stereocenters. The number of hydrogen-bond acceptors (Lipinski definition) is 4. The van der Waals surface area contributed by atoms with Crippen molar-refractivity contribution in [1.82, 2.24) is 9.55 Å². The van der Waals surface area contributed by atoms with Crippen LogP contribution in [0.5, 0.6) is 0 Å². The van der Waals surface area contributed by atoms with Crippen molar-refractivity contribution in [1.29, 1.82) is 0 Å². The normalized spacial score (nSPS) is 10.8. The summed E-state index contributed by atoms with van der Waals surface area (Å²) in [7, 11) is 1.67. The Morgan fingerprint density at radius 2 is 1.92 bits per heavy atom. The smallest absolute Gasteiger partial charge is 0.261 e. The number of para-hydroxylation sites is 1. The molecule has 128 valence electrons. The summed E-state index contributed by atoms with van der Waals surface area (Å²) in [4.78, 5) is 28.7. The Labute approximate surface area is 147 Å². The average Bonchev–Trinajstić information content (AvgIpc) is 2.61. The van der Waals surface area contributed by atoms with Crippen molar-refractivity contribution in [2.24, 2.45) is 7.05 Å². The van der Waals surface area contributed by atoms with E-state index in [1.54, 1.807) is 25.2 Å². The number of amides is 1. The molecule has 25 heavy (non-hydrogen) atoms. The molecule has 0 saturated heterocycles. The molecule has 0 aliphatic heterocycles. The zero-order chi connectivity index (χ0) is 17.8. The van der Waals surface area contributed by atoms with Crippen LogP contribution >= 0.6 is 11.8 Å². The van der Waals surface area contributed by atoms with E-state index in [4.69, 9.17) is 0 Å². The highest BCUT2D eigenvalue weighted by atomic mass is 32.2. The van der Waals surface area contributed by atoms with Gasteiger partial charge in [0.05, 0.1) is 10.9 Å². The van der Waals surface area contributed by atoms with Crippen LogP contribution in [0.25, 0.3) is 10.9 Å². The lowest BCUT2D eigenvalue weighted by atomic mass is 10.2. The third-order valence-corrected chi connectivity index (χ3v) is 4.66. The number of nitrogens with one attached hydrogen (secondary N) is 1. The van der Waals surface area contributed by atoms with Gasteiger partial charge in [-0.3, -0.25) is 14.2 Å². The molecule has 0 atom stereocenters. The Morgan fingerprint density at radius 1 is 1.20 bits per heavy atom. The molecule has 1 heterocycles. The number of carbonyl (C=O) groups is 1. The molecule has 0 fully saturated rings. The first-order chi connectivity index (χ1) is 12.0. The summed E-state index contributed by atoms with van der Waals surface area (Å²) in [6, 6.07) is 12.8.